The first-order valence-corrected chi connectivity index (χ1v) is 8.70. The molecule has 4 heteroatoms. The Morgan fingerprint density at radius 2 is 1.68 bits per heavy atom. The van der Waals surface area contributed by atoms with E-state index in [1.807, 2.05) is 54.6 Å². The minimum atomic E-state index is -0.133. The quantitative estimate of drug-likeness (QED) is 0.513. The van der Waals surface area contributed by atoms with Crippen LogP contribution in [0.25, 0.3) is 21.2 Å². The number of rotatable bonds is 3. The third-order valence-corrected chi connectivity index (χ3v) is 5.10. The van der Waals surface area contributed by atoms with Gasteiger partial charge in [-0.15, -0.1) is 11.3 Å². The number of hydrogen-bond acceptors (Lipinski definition) is 3. The van der Waals surface area contributed by atoms with Gasteiger partial charge in [0.25, 0.3) is 5.91 Å². The third kappa shape index (κ3) is 3.25. The molecule has 3 aromatic carbocycles. The van der Waals surface area contributed by atoms with Gasteiger partial charge in [0.2, 0.25) is 0 Å². The molecular weight excluding hydrogens is 330 g/mol. The van der Waals surface area contributed by atoms with Gasteiger partial charge in [-0.3, -0.25) is 4.79 Å². The first-order valence-electron chi connectivity index (χ1n) is 7.88. The van der Waals surface area contributed by atoms with Crippen LogP contribution in [0.3, 0.4) is 0 Å². The van der Waals surface area contributed by atoms with Gasteiger partial charge in [-0.2, -0.15) is 0 Å². The summed E-state index contributed by atoms with van der Waals surface area (Å²) in [6.07, 6.45) is 0. The van der Waals surface area contributed by atoms with Crippen LogP contribution in [-0.4, -0.2) is 11.0 Å². The summed E-state index contributed by atoms with van der Waals surface area (Å²) in [5.74, 6) is 0.0831. The van der Waals surface area contributed by atoms with E-state index in [-0.39, 0.29) is 11.7 Å². The Morgan fingerprint density at radius 3 is 2.52 bits per heavy atom. The largest absolute Gasteiger partial charge is 0.508 e. The molecule has 4 rings (SSSR count). The topological polar surface area (TPSA) is 49.3 Å². The van der Waals surface area contributed by atoms with E-state index >= 15 is 0 Å². The lowest BCUT2D eigenvalue weighted by molar-refractivity contribution is 0.103. The number of amides is 1. The fraction of sp³-hybridized carbons (Fsp3) is 0. The molecule has 0 aliphatic carbocycles. The normalized spacial score (nSPS) is 10.7. The molecule has 0 spiro atoms. The highest BCUT2D eigenvalue weighted by Crippen LogP contribution is 2.30. The summed E-state index contributed by atoms with van der Waals surface area (Å²) in [6, 6.07) is 24.6. The summed E-state index contributed by atoms with van der Waals surface area (Å²) in [4.78, 5) is 14.1. The van der Waals surface area contributed by atoms with Gasteiger partial charge >= 0.3 is 0 Å². The number of anilines is 1. The first-order chi connectivity index (χ1) is 12.2. The lowest BCUT2D eigenvalue weighted by atomic mass is 10.1. The number of carbonyl (C=O) groups excluding carboxylic acids is 1. The van der Waals surface area contributed by atoms with E-state index in [0.717, 1.165) is 26.9 Å². The first kappa shape index (κ1) is 15.4. The van der Waals surface area contributed by atoms with Crippen molar-refractivity contribution in [1.29, 1.82) is 0 Å². The predicted molar refractivity (Wildman–Crippen MR) is 103 cm³/mol. The Labute approximate surface area is 149 Å². The van der Waals surface area contributed by atoms with Gasteiger partial charge in [-0.1, -0.05) is 42.5 Å². The molecule has 0 unspecified atom stereocenters. The van der Waals surface area contributed by atoms with Crippen LogP contribution in [-0.2, 0) is 0 Å². The molecule has 0 radical (unpaired) electrons. The van der Waals surface area contributed by atoms with Crippen LogP contribution in [0.1, 0.15) is 9.67 Å². The Balaban J connectivity index is 1.56. The second-order valence-corrected chi connectivity index (χ2v) is 6.81. The summed E-state index contributed by atoms with van der Waals surface area (Å²) in [6.45, 7) is 0. The number of benzene rings is 3. The van der Waals surface area contributed by atoms with Crippen LogP contribution >= 0.6 is 11.3 Å². The maximum absolute atomic E-state index is 12.5. The van der Waals surface area contributed by atoms with Gasteiger partial charge in [0.15, 0.2) is 0 Å². The van der Waals surface area contributed by atoms with Crippen molar-refractivity contribution >= 4 is 33.7 Å². The summed E-state index contributed by atoms with van der Waals surface area (Å²) in [5, 5.41) is 14.8. The van der Waals surface area contributed by atoms with E-state index in [1.165, 1.54) is 11.3 Å². The molecule has 2 N–H and O–H groups in total. The molecule has 0 saturated carbocycles. The lowest BCUT2D eigenvalue weighted by Gasteiger charge is -2.05. The van der Waals surface area contributed by atoms with Crippen molar-refractivity contribution < 1.29 is 9.90 Å². The third-order valence-electron chi connectivity index (χ3n) is 3.97. The predicted octanol–water partition coefficient (Wildman–Crippen LogP) is 5.53. The summed E-state index contributed by atoms with van der Waals surface area (Å²) in [7, 11) is 0. The highest BCUT2D eigenvalue weighted by atomic mass is 32.1. The molecule has 25 heavy (non-hydrogen) atoms. The smallest absolute Gasteiger partial charge is 0.265 e. The molecule has 0 saturated heterocycles. The molecule has 0 aliphatic rings. The number of hydrogen-bond donors (Lipinski definition) is 2. The Kier molecular flexibility index (Phi) is 3.96. The zero-order valence-corrected chi connectivity index (χ0v) is 14.1. The monoisotopic (exact) mass is 345 g/mol. The van der Waals surface area contributed by atoms with Crippen LogP contribution in [0, 0.1) is 0 Å². The zero-order chi connectivity index (χ0) is 17.2. The van der Waals surface area contributed by atoms with Crippen molar-refractivity contribution in [2.45, 2.75) is 0 Å². The maximum atomic E-state index is 12.5. The number of thiophene rings is 1. The van der Waals surface area contributed by atoms with Gasteiger partial charge in [0.05, 0.1) is 4.88 Å². The van der Waals surface area contributed by atoms with Crippen molar-refractivity contribution in [1.82, 2.24) is 0 Å². The maximum Gasteiger partial charge on any atom is 0.265 e. The summed E-state index contributed by atoms with van der Waals surface area (Å²) >= 11 is 1.40. The van der Waals surface area contributed by atoms with E-state index in [0.29, 0.717) is 4.88 Å². The molecular formula is C21H15NO2S. The number of phenols is 1. The number of phenolic OH excluding ortho intramolecular Hbond substituents is 1. The molecule has 4 aromatic rings. The fourth-order valence-electron chi connectivity index (χ4n) is 2.73. The van der Waals surface area contributed by atoms with Crippen LogP contribution in [0.4, 0.5) is 5.69 Å². The average Bonchev–Trinajstić information content (AvgIpc) is 3.12. The van der Waals surface area contributed by atoms with Gasteiger partial charge < -0.3 is 10.4 Å². The number of fused-ring (bicyclic) bond motifs is 1. The highest BCUT2D eigenvalue weighted by Gasteiger charge is 2.11. The summed E-state index contributed by atoms with van der Waals surface area (Å²) < 4.78 is 0. The van der Waals surface area contributed by atoms with Crippen LogP contribution < -0.4 is 5.32 Å². The SMILES string of the molecule is O=C(Nc1ccc2ccccc2c1)c1ccc(-c2cccc(O)c2)s1. The summed E-state index contributed by atoms with van der Waals surface area (Å²) in [5.41, 5.74) is 1.67. The zero-order valence-electron chi connectivity index (χ0n) is 13.3. The van der Waals surface area contributed by atoms with Crippen molar-refractivity contribution in [3.05, 3.63) is 83.7 Å². The van der Waals surface area contributed by atoms with Crippen LogP contribution in [0.2, 0.25) is 0 Å². The van der Waals surface area contributed by atoms with Crippen LogP contribution in [0.15, 0.2) is 78.9 Å². The molecule has 3 nitrogen and oxygen atoms in total. The average molecular weight is 345 g/mol. The molecule has 1 aromatic heterocycles. The second kappa shape index (κ2) is 6.42. The minimum Gasteiger partial charge on any atom is -0.508 e. The van der Waals surface area contributed by atoms with E-state index in [2.05, 4.69) is 5.32 Å². The number of nitrogens with one attached hydrogen (secondary N) is 1. The standard InChI is InChI=1S/C21H15NO2S/c23-18-7-3-6-16(13-18)19-10-11-20(25-19)21(24)22-17-9-8-14-4-1-2-5-15(14)12-17/h1-13,23H,(H,22,24). The van der Waals surface area contributed by atoms with Crippen LogP contribution in [0.5, 0.6) is 5.75 Å². The molecule has 0 aliphatic heterocycles. The molecule has 0 fully saturated rings. The lowest BCUT2D eigenvalue weighted by Crippen LogP contribution is -2.09. The minimum absolute atomic E-state index is 0.133. The Bertz CT molecular complexity index is 1070. The van der Waals surface area contributed by atoms with Crippen molar-refractivity contribution in [3.8, 4) is 16.2 Å². The fourth-order valence-corrected chi connectivity index (χ4v) is 3.63. The second-order valence-electron chi connectivity index (χ2n) is 5.73. The molecule has 122 valence electrons. The van der Waals surface area contributed by atoms with Crippen molar-refractivity contribution in [2.75, 3.05) is 5.32 Å². The van der Waals surface area contributed by atoms with E-state index in [1.54, 1.807) is 24.3 Å². The Hall–Kier alpha value is -3.11. The highest BCUT2D eigenvalue weighted by molar-refractivity contribution is 7.17. The van der Waals surface area contributed by atoms with E-state index in [4.69, 9.17) is 0 Å². The van der Waals surface area contributed by atoms with Gasteiger partial charge in [0, 0.05) is 10.6 Å². The molecule has 1 heterocycles. The van der Waals surface area contributed by atoms with Crippen molar-refractivity contribution in [3.63, 3.8) is 0 Å². The van der Waals surface area contributed by atoms with Gasteiger partial charge in [0.1, 0.15) is 5.75 Å². The molecule has 1 amide bonds. The number of carbonyl (C=O) groups is 1. The molecule has 0 atom stereocenters. The van der Waals surface area contributed by atoms with Gasteiger partial charge in [-0.05, 0) is 52.7 Å². The Morgan fingerprint density at radius 1 is 0.840 bits per heavy atom. The number of aromatic hydroxyl groups is 1. The molecule has 0 bridgehead atoms. The van der Waals surface area contributed by atoms with Crippen molar-refractivity contribution in [2.24, 2.45) is 0 Å². The van der Waals surface area contributed by atoms with Gasteiger partial charge in [-0.25, -0.2) is 0 Å². The van der Waals surface area contributed by atoms with E-state index < -0.39 is 0 Å². The van der Waals surface area contributed by atoms with E-state index in [9.17, 15) is 9.90 Å².